The predicted molar refractivity (Wildman–Crippen MR) is 128 cm³/mol. The first-order valence-corrected chi connectivity index (χ1v) is 12.0. The summed E-state index contributed by atoms with van der Waals surface area (Å²) in [4.78, 5) is 16.1. The van der Waals surface area contributed by atoms with E-state index in [9.17, 15) is 4.79 Å². The Labute approximate surface area is 187 Å². The van der Waals surface area contributed by atoms with Crippen molar-refractivity contribution in [1.29, 1.82) is 0 Å². The van der Waals surface area contributed by atoms with Crippen molar-refractivity contribution in [2.45, 2.75) is 33.1 Å². The molecule has 2 nitrogen and oxygen atoms in total. The van der Waals surface area contributed by atoms with E-state index in [-0.39, 0.29) is 15.1 Å². The summed E-state index contributed by atoms with van der Waals surface area (Å²) in [5, 5.41) is 2.81. The van der Waals surface area contributed by atoms with Crippen LogP contribution in [0.4, 0.5) is 0 Å². The van der Waals surface area contributed by atoms with Crippen molar-refractivity contribution in [1.82, 2.24) is 0 Å². The van der Waals surface area contributed by atoms with Gasteiger partial charge in [-0.05, 0) is 54.3 Å². The normalized spacial score (nSPS) is 25.1. The van der Waals surface area contributed by atoms with E-state index in [1.54, 1.807) is 0 Å². The van der Waals surface area contributed by atoms with Gasteiger partial charge in [-0.3, -0.25) is 0 Å². The third kappa shape index (κ3) is 2.01. The predicted octanol–water partition coefficient (Wildman–Crippen LogP) is 4.93. The molecule has 31 heavy (non-hydrogen) atoms. The zero-order chi connectivity index (χ0) is 21.0. The molecule has 0 saturated heterocycles. The van der Waals surface area contributed by atoms with Crippen LogP contribution in [0.15, 0.2) is 91.8 Å². The maximum absolute atomic E-state index is 13.6. The van der Waals surface area contributed by atoms with Crippen LogP contribution >= 0.6 is 23.5 Å². The van der Waals surface area contributed by atoms with Crippen LogP contribution in [0.25, 0.3) is 22.1 Å². The van der Waals surface area contributed by atoms with Gasteiger partial charge in [-0.1, -0.05) is 54.6 Å². The average molecular weight is 439 g/mol. The van der Waals surface area contributed by atoms with E-state index in [0.29, 0.717) is 5.58 Å². The zero-order valence-corrected chi connectivity index (χ0v) is 18.7. The van der Waals surface area contributed by atoms with Crippen LogP contribution in [0.5, 0.6) is 0 Å². The maximum Gasteiger partial charge on any atom is 0.344 e. The van der Waals surface area contributed by atoms with E-state index in [1.165, 1.54) is 20.9 Å². The average Bonchev–Trinajstić information content (AvgIpc) is 3.25. The third-order valence-electron chi connectivity index (χ3n) is 7.12. The maximum atomic E-state index is 13.6. The van der Waals surface area contributed by atoms with Crippen LogP contribution < -0.4 is 16.1 Å². The summed E-state index contributed by atoms with van der Waals surface area (Å²) in [5.74, 6) is 0. The molecule has 2 unspecified atom stereocenters. The second-order valence-electron chi connectivity index (χ2n) is 8.65. The van der Waals surface area contributed by atoms with Gasteiger partial charge in [0, 0.05) is 20.4 Å². The largest absolute Gasteiger partial charge is 0.422 e. The topological polar surface area (TPSA) is 30.2 Å². The minimum absolute atomic E-state index is 0.223. The third-order valence-corrected chi connectivity index (χ3v) is 10.4. The van der Waals surface area contributed by atoms with Gasteiger partial charge in [0.1, 0.15) is 5.58 Å². The molecular formula is C27H18O2S2. The lowest BCUT2D eigenvalue weighted by molar-refractivity contribution is 0.549. The standard InChI is InChI=1S/C27H18O2S2/c1-26-23(16-10-4-7-13-19(16)30-26)21-15-9-3-6-12-18(15)29-25(28)22(21)24-17-11-5-8-14-20(17)31-27(24,26)2/h3-14H,1-2H3. The molecule has 2 atom stereocenters. The van der Waals surface area contributed by atoms with E-state index in [4.69, 9.17) is 4.42 Å². The van der Waals surface area contributed by atoms with Crippen molar-refractivity contribution in [2.75, 3.05) is 0 Å². The van der Waals surface area contributed by atoms with Crippen molar-refractivity contribution >= 4 is 45.6 Å². The number of fused-ring (bicyclic) bond motifs is 10. The van der Waals surface area contributed by atoms with Crippen molar-refractivity contribution in [3.8, 4) is 0 Å². The van der Waals surface area contributed by atoms with Gasteiger partial charge in [-0.15, -0.1) is 23.5 Å². The van der Waals surface area contributed by atoms with Crippen molar-refractivity contribution in [2.24, 2.45) is 0 Å². The van der Waals surface area contributed by atoms with Gasteiger partial charge < -0.3 is 4.42 Å². The van der Waals surface area contributed by atoms with E-state index in [2.05, 4.69) is 68.4 Å². The van der Waals surface area contributed by atoms with E-state index < -0.39 is 0 Å². The molecule has 2 aliphatic heterocycles. The summed E-state index contributed by atoms with van der Waals surface area (Å²) in [7, 11) is 0. The molecule has 150 valence electrons. The molecule has 4 aromatic rings. The Morgan fingerprint density at radius 1 is 0.677 bits per heavy atom. The molecule has 0 saturated carbocycles. The number of hydrogen-bond acceptors (Lipinski definition) is 4. The molecule has 4 heteroatoms. The van der Waals surface area contributed by atoms with Gasteiger partial charge >= 0.3 is 5.63 Å². The molecule has 3 aliphatic rings. The fourth-order valence-corrected chi connectivity index (χ4v) is 8.84. The molecule has 0 bridgehead atoms. The Kier molecular flexibility index (Phi) is 3.33. The van der Waals surface area contributed by atoms with Crippen molar-refractivity contribution in [3.63, 3.8) is 0 Å². The molecule has 0 radical (unpaired) electrons. The summed E-state index contributed by atoms with van der Waals surface area (Å²) in [5.41, 5.74) is 5.20. The molecular weight excluding hydrogens is 420 g/mol. The highest BCUT2D eigenvalue weighted by Crippen LogP contribution is 2.67. The molecule has 0 amide bonds. The minimum atomic E-state index is -0.292. The van der Waals surface area contributed by atoms with E-state index in [0.717, 1.165) is 27.0 Å². The Morgan fingerprint density at radius 2 is 1.19 bits per heavy atom. The molecule has 1 aromatic heterocycles. The summed E-state index contributed by atoms with van der Waals surface area (Å²) in [6.45, 7) is 4.67. The molecule has 0 spiro atoms. The number of rotatable bonds is 0. The lowest BCUT2D eigenvalue weighted by atomic mass is 9.72. The van der Waals surface area contributed by atoms with Crippen LogP contribution in [0, 0.1) is 0 Å². The Morgan fingerprint density at radius 3 is 1.84 bits per heavy atom. The van der Waals surface area contributed by atoms with Crippen LogP contribution in [0.3, 0.4) is 0 Å². The van der Waals surface area contributed by atoms with Gasteiger partial charge in [-0.2, -0.15) is 0 Å². The first kappa shape index (κ1) is 17.9. The molecule has 3 heterocycles. The van der Waals surface area contributed by atoms with Gasteiger partial charge in [0.15, 0.2) is 0 Å². The Hall–Kier alpha value is -2.69. The second kappa shape index (κ2) is 5.76. The summed E-state index contributed by atoms with van der Waals surface area (Å²) >= 11 is 3.82. The first-order valence-electron chi connectivity index (χ1n) is 10.4. The molecule has 3 aromatic carbocycles. The first-order chi connectivity index (χ1) is 15.0. The van der Waals surface area contributed by atoms with Crippen LogP contribution in [-0.4, -0.2) is 9.49 Å². The summed E-state index contributed by atoms with van der Waals surface area (Å²) in [6.07, 6.45) is 0. The second-order valence-corrected chi connectivity index (χ2v) is 11.6. The molecule has 7 rings (SSSR count). The summed E-state index contributed by atoms with van der Waals surface area (Å²) in [6, 6.07) is 25.1. The highest BCUT2D eigenvalue weighted by Gasteiger charge is 2.60. The fraction of sp³-hybridized carbons (Fsp3) is 0.148. The van der Waals surface area contributed by atoms with Gasteiger partial charge in [-0.25, -0.2) is 4.79 Å². The number of benzene rings is 3. The summed E-state index contributed by atoms with van der Waals surface area (Å²) < 4.78 is 5.38. The Balaban J connectivity index is 1.86. The Bertz CT molecular complexity index is 1650. The monoisotopic (exact) mass is 438 g/mol. The van der Waals surface area contributed by atoms with E-state index >= 15 is 0 Å². The smallest absolute Gasteiger partial charge is 0.344 e. The van der Waals surface area contributed by atoms with Crippen molar-refractivity contribution < 1.29 is 4.42 Å². The van der Waals surface area contributed by atoms with Gasteiger partial charge in [0.05, 0.1) is 14.7 Å². The van der Waals surface area contributed by atoms with Crippen LogP contribution in [0.1, 0.15) is 25.0 Å². The van der Waals surface area contributed by atoms with Gasteiger partial charge in [0.25, 0.3) is 0 Å². The molecule has 0 N–H and O–H groups in total. The number of hydrogen-bond donors (Lipinski definition) is 0. The number of thioether (sulfide) groups is 2. The van der Waals surface area contributed by atoms with E-state index in [1.807, 2.05) is 41.7 Å². The quantitative estimate of drug-likeness (QED) is 0.364. The van der Waals surface area contributed by atoms with Gasteiger partial charge in [0.2, 0.25) is 0 Å². The highest BCUT2D eigenvalue weighted by molar-refractivity contribution is 8.06. The van der Waals surface area contributed by atoms with Crippen LogP contribution in [0.2, 0.25) is 0 Å². The molecule has 1 aliphatic carbocycles. The minimum Gasteiger partial charge on any atom is -0.422 e. The number of para-hydroxylation sites is 1. The SMILES string of the molecule is CC12Sc3ccccc3C1=c1c(=O)oc3ccccc3c1=C1c3ccccc3SC12C. The highest BCUT2D eigenvalue weighted by atomic mass is 32.2. The lowest BCUT2D eigenvalue weighted by Gasteiger charge is -2.44. The van der Waals surface area contributed by atoms with Crippen LogP contribution in [-0.2, 0) is 0 Å². The van der Waals surface area contributed by atoms with Crippen molar-refractivity contribution in [3.05, 3.63) is 105 Å². The lowest BCUT2D eigenvalue weighted by Crippen LogP contribution is -2.57. The molecule has 0 fully saturated rings. The fourth-order valence-electron chi connectivity index (χ4n) is 5.63. The zero-order valence-electron chi connectivity index (χ0n) is 17.1.